The van der Waals surface area contributed by atoms with Crippen LogP contribution in [0, 0.1) is 5.92 Å². The van der Waals surface area contributed by atoms with Crippen LogP contribution in [0.15, 0.2) is 18.2 Å². The largest absolute Gasteiger partial charge is 0.366 e. The molecule has 3 aliphatic rings. The van der Waals surface area contributed by atoms with Crippen LogP contribution in [0.25, 0.3) is 0 Å². The van der Waals surface area contributed by atoms with Crippen molar-refractivity contribution >= 4 is 44.9 Å². The Morgan fingerprint density at radius 3 is 2.58 bits per heavy atom. The van der Waals surface area contributed by atoms with Gasteiger partial charge < -0.3 is 15.4 Å². The molecule has 4 rings (SSSR count). The van der Waals surface area contributed by atoms with Crippen LogP contribution in [-0.2, 0) is 24.3 Å². The third-order valence-electron chi connectivity index (χ3n) is 6.75. The molecular weight excluding hydrogens is 470 g/mol. The molecule has 0 unspecified atom stereocenters. The number of fused-ring (bicyclic) bond motifs is 1. The zero-order valence-electron chi connectivity index (χ0n) is 18.3. The number of ketones is 1. The number of halogens is 1. The van der Waals surface area contributed by atoms with Gasteiger partial charge in [-0.05, 0) is 42.5 Å². The van der Waals surface area contributed by atoms with E-state index in [0.29, 0.717) is 5.56 Å². The molecule has 9 nitrogen and oxygen atoms in total. The second-order valence-corrected chi connectivity index (χ2v) is 11.4. The van der Waals surface area contributed by atoms with Crippen molar-refractivity contribution in [3.63, 3.8) is 0 Å². The highest BCUT2D eigenvalue weighted by Gasteiger charge is 2.53. The van der Waals surface area contributed by atoms with Crippen LogP contribution in [-0.4, -0.2) is 67.8 Å². The minimum atomic E-state index is -3.58. The number of sulfonamides is 1. The van der Waals surface area contributed by atoms with Gasteiger partial charge in [0.25, 0.3) is 0 Å². The molecule has 1 aromatic carbocycles. The van der Waals surface area contributed by atoms with E-state index in [1.807, 2.05) is 0 Å². The molecule has 4 atom stereocenters. The normalized spacial score (nSPS) is 26.8. The van der Waals surface area contributed by atoms with Gasteiger partial charge in [0, 0.05) is 17.8 Å². The van der Waals surface area contributed by atoms with E-state index < -0.39 is 39.4 Å². The Morgan fingerprint density at radius 1 is 1.24 bits per heavy atom. The van der Waals surface area contributed by atoms with Crippen molar-refractivity contribution in [3.05, 3.63) is 29.3 Å². The van der Waals surface area contributed by atoms with Gasteiger partial charge in [0.1, 0.15) is 18.8 Å². The zero-order chi connectivity index (χ0) is 23.9. The average molecular weight is 498 g/mol. The minimum Gasteiger partial charge on any atom is -0.366 e. The molecule has 1 saturated carbocycles. The Morgan fingerprint density at radius 2 is 1.94 bits per heavy atom. The lowest BCUT2D eigenvalue weighted by Crippen LogP contribution is -2.46. The number of nitrogens with one attached hydrogen (secondary N) is 1. The summed E-state index contributed by atoms with van der Waals surface area (Å²) in [6.45, 7) is 0.0780. The van der Waals surface area contributed by atoms with Crippen LogP contribution in [0.1, 0.15) is 53.9 Å². The van der Waals surface area contributed by atoms with E-state index >= 15 is 0 Å². The molecule has 180 valence electrons. The molecule has 2 amide bonds. The molecule has 1 aromatic rings. The molecule has 0 spiro atoms. The van der Waals surface area contributed by atoms with E-state index in [0.717, 1.165) is 38.4 Å². The number of rotatable bonds is 6. The zero-order valence-corrected chi connectivity index (χ0v) is 19.9. The van der Waals surface area contributed by atoms with Crippen LogP contribution >= 0.6 is 11.6 Å². The number of ether oxygens (including phenoxy) is 1. The molecule has 3 fully saturated rings. The van der Waals surface area contributed by atoms with Crippen molar-refractivity contribution in [2.24, 2.45) is 11.7 Å². The SMILES string of the molecule is CS(=O)(=O)Nc1ccc(C(N)=O)c([C@@H](C(=O)N2C[C@H](Cl)[C@H]3OCC(=O)[C@H]32)C2CCCCC2)c1. The first-order valence-corrected chi connectivity index (χ1v) is 13.4. The Hall–Kier alpha value is -2.17. The summed E-state index contributed by atoms with van der Waals surface area (Å²) in [5.41, 5.74) is 6.41. The standard InChI is InChI=1S/C22H28ClN3O6S/c1-33(30,31)25-13-7-8-14(21(24)28)15(9-13)18(12-5-3-2-4-6-12)22(29)26-10-16(23)20-19(26)17(27)11-32-20/h7-9,12,16,18-20,25H,2-6,10-11H2,1H3,(H2,24,28)/t16-,18-,19+,20+/m0/s1. The van der Waals surface area contributed by atoms with Gasteiger partial charge in [0.2, 0.25) is 21.8 Å². The molecule has 33 heavy (non-hydrogen) atoms. The number of carbonyl (C=O) groups is 3. The summed E-state index contributed by atoms with van der Waals surface area (Å²) in [7, 11) is -3.58. The van der Waals surface area contributed by atoms with Crippen molar-refractivity contribution in [2.45, 2.75) is 55.5 Å². The van der Waals surface area contributed by atoms with Crippen molar-refractivity contribution in [3.8, 4) is 0 Å². The molecular formula is C22H28ClN3O6S. The number of nitrogens with two attached hydrogens (primary N) is 1. The Kier molecular flexibility index (Phi) is 6.70. The molecule has 0 radical (unpaired) electrons. The fraction of sp³-hybridized carbons (Fsp3) is 0.591. The summed E-state index contributed by atoms with van der Waals surface area (Å²) in [5, 5.41) is -0.508. The quantitative estimate of drug-likeness (QED) is 0.573. The van der Waals surface area contributed by atoms with Crippen LogP contribution in [0.5, 0.6) is 0 Å². The van der Waals surface area contributed by atoms with E-state index in [1.54, 1.807) is 0 Å². The van der Waals surface area contributed by atoms with Gasteiger partial charge >= 0.3 is 0 Å². The molecule has 0 bridgehead atoms. The highest BCUT2D eigenvalue weighted by Crippen LogP contribution is 2.42. The predicted octanol–water partition coefficient (Wildman–Crippen LogP) is 1.61. The molecule has 1 aliphatic carbocycles. The number of hydrogen-bond acceptors (Lipinski definition) is 6. The summed E-state index contributed by atoms with van der Waals surface area (Å²) in [6.07, 6.45) is 4.95. The fourth-order valence-corrected chi connectivity index (χ4v) is 6.29. The number of Topliss-reactive ketones (excluding diaryl/α,β-unsaturated/α-hetero) is 1. The Balaban J connectivity index is 1.79. The van der Waals surface area contributed by atoms with Crippen LogP contribution in [0.2, 0.25) is 0 Å². The van der Waals surface area contributed by atoms with Crippen molar-refractivity contribution in [1.82, 2.24) is 4.90 Å². The maximum absolute atomic E-state index is 14.0. The van der Waals surface area contributed by atoms with Gasteiger partial charge in [-0.15, -0.1) is 11.6 Å². The number of nitrogens with zero attached hydrogens (tertiary/aromatic N) is 1. The van der Waals surface area contributed by atoms with E-state index in [-0.39, 0.29) is 42.0 Å². The summed E-state index contributed by atoms with van der Waals surface area (Å²) < 4.78 is 31.5. The first-order chi connectivity index (χ1) is 15.6. The van der Waals surface area contributed by atoms with E-state index in [4.69, 9.17) is 22.1 Å². The second-order valence-electron chi connectivity index (χ2n) is 9.11. The lowest BCUT2D eigenvalue weighted by Gasteiger charge is -2.35. The average Bonchev–Trinajstić information content (AvgIpc) is 3.28. The van der Waals surface area contributed by atoms with Gasteiger partial charge in [-0.1, -0.05) is 19.3 Å². The van der Waals surface area contributed by atoms with Gasteiger partial charge in [-0.2, -0.15) is 0 Å². The number of amides is 2. The Labute approximate surface area is 198 Å². The van der Waals surface area contributed by atoms with E-state index in [2.05, 4.69) is 4.72 Å². The summed E-state index contributed by atoms with van der Waals surface area (Å²) in [5.74, 6) is -2.05. The Bertz CT molecular complexity index is 1070. The minimum absolute atomic E-state index is 0.0805. The number of likely N-dealkylation sites (tertiary alicyclic amines) is 1. The molecule has 2 aliphatic heterocycles. The van der Waals surface area contributed by atoms with Crippen molar-refractivity contribution < 1.29 is 27.5 Å². The summed E-state index contributed by atoms with van der Waals surface area (Å²) >= 11 is 6.41. The van der Waals surface area contributed by atoms with Gasteiger partial charge in [0.05, 0.1) is 17.6 Å². The van der Waals surface area contributed by atoms with Gasteiger partial charge in [0.15, 0.2) is 5.78 Å². The van der Waals surface area contributed by atoms with E-state index in [9.17, 15) is 22.8 Å². The number of benzene rings is 1. The molecule has 0 aromatic heterocycles. The summed E-state index contributed by atoms with van der Waals surface area (Å²) in [4.78, 5) is 40.3. The number of primary amides is 1. The third-order valence-corrected chi connectivity index (χ3v) is 7.74. The lowest BCUT2D eigenvalue weighted by molar-refractivity contribution is -0.139. The first-order valence-electron chi connectivity index (χ1n) is 11.1. The third kappa shape index (κ3) is 4.88. The highest BCUT2D eigenvalue weighted by molar-refractivity contribution is 7.92. The number of anilines is 1. The fourth-order valence-electron chi connectivity index (χ4n) is 5.38. The second kappa shape index (κ2) is 9.23. The highest BCUT2D eigenvalue weighted by atomic mass is 35.5. The molecule has 2 saturated heterocycles. The monoisotopic (exact) mass is 497 g/mol. The van der Waals surface area contributed by atoms with Crippen LogP contribution in [0.3, 0.4) is 0 Å². The maximum atomic E-state index is 14.0. The van der Waals surface area contributed by atoms with Crippen LogP contribution < -0.4 is 10.5 Å². The molecule has 3 N–H and O–H groups in total. The topological polar surface area (TPSA) is 136 Å². The number of carbonyl (C=O) groups excluding carboxylic acids is 3. The maximum Gasteiger partial charge on any atom is 0.249 e. The predicted molar refractivity (Wildman–Crippen MR) is 123 cm³/mol. The van der Waals surface area contributed by atoms with Crippen LogP contribution in [0.4, 0.5) is 5.69 Å². The number of hydrogen-bond donors (Lipinski definition) is 2. The van der Waals surface area contributed by atoms with Crippen molar-refractivity contribution in [1.29, 1.82) is 0 Å². The summed E-state index contributed by atoms with van der Waals surface area (Å²) in [6, 6.07) is 3.65. The van der Waals surface area contributed by atoms with Crippen molar-refractivity contribution in [2.75, 3.05) is 24.1 Å². The first kappa shape index (κ1) is 24.0. The molecule has 11 heteroatoms. The van der Waals surface area contributed by atoms with E-state index in [1.165, 1.54) is 23.1 Å². The van der Waals surface area contributed by atoms with Gasteiger partial charge in [-0.3, -0.25) is 19.1 Å². The number of alkyl halides is 1. The molecule has 2 heterocycles. The van der Waals surface area contributed by atoms with Gasteiger partial charge in [-0.25, -0.2) is 8.42 Å². The lowest BCUT2D eigenvalue weighted by atomic mass is 9.74. The smallest absolute Gasteiger partial charge is 0.249 e.